The molecule has 2 heterocycles. The molecule has 0 fully saturated rings. The molecule has 0 N–H and O–H groups in total. The van der Waals surface area contributed by atoms with Crippen LogP contribution in [-0.2, 0) is 0 Å². The van der Waals surface area contributed by atoms with Crippen molar-refractivity contribution in [2.24, 2.45) is 0 Å². The highest BCUT2D eigenvalue weighted by molar-refractivity contribution is 7.26. The fourth-order valence-corrected chi connectivity index (χ4v) is 10.4. The molecule has 0 amide bonds. The molecule has 0 saturated carbocycles. The SMILES string of the molecule is c1cc(-c2ccc3c(c2)sc2ccccc23)cc(N(c2ccc(-c3ccc4c(c3)sc3ccccc34)cc2)c2ccccc2-c2ccc3ccccc3c2)c1. The van der Waals surface area contributed by atoms with E-state index in [0.717, 1.165) is 17.1 Å². The van der Waals surface area contributed by atoms with Crippen LogP contribution in [0.5, 0.6) is 0 Å². The van der Waals surface area contributed by atoms with Gasteiger partial charge < -0.3 is 4.90 Å². The summed E-state index contributed by atoms with van der Waals surface area (Å²) in [5.74, 6) is 0. The van der Waals surface area contributed by atoms with Crippen molar-refractivity contribution in [2.75, 3.05) is 4.90 Å². The second-order valence-electron chi connectivity index (χ2n) is 14.1. The predicted octanol–water partition coefficient (Wildman–Crippen LogP) is 16.0. The monoisotopic (exact) mass is 735 g/mol. The Balaban J connectivity index is 1.04. The lowest BCUT2D eigenvalue weighted by Gasteiger charge is -2.28. The zero-order valence-electron chi connectivity index (χ0n) is 29.8. The standard InChI is InChI=1S/C52H33NS2/c1-2-11-36-30-40(21-20-34(36)10-1)43-14-3-6-17-48(43)53(41-26-22-35(23-27-41)38-24-28-46-44-15-4-7-18-49(44)54-51(46)32-38)42-13-9-12-37(31-42)39-25-29-47-45-16-5-8-19-50(45)55-52(47)33-39/h1-33H. The van der Waals surface area contributed by atoms with Crippen molar-refractivity contribution in [1.82, 2.24) is 0 Å². The van der Waals surface area contributed by atoms with E-state index in [2.05, 4.69) is 205 Å². The molecule has 0 aliphatic heterocycles. The highest BCUT2D eigenvalue weighted by Crippen LogP contribution is 2.44. The van der Waals surface area contributed by atoms with Gasteiger partial charge in [0.2, 0.25) is 0 Å². The minimum absolute atomic E-state index is 1.11. The van der Waals surface area contributed by atoms with Crippen molar-refractivity contribution in [3.8, 4) is 33.4 Å². The number of nitrogens with zero attached hydrogens (tertiary/aromatic N) is 1. The first-order chi connectivity index (χ1) is 27.2. The minimum Gasteiger partial charge on any atom is -0.310 e. The molecule has 2 aromatic heterocycles. The van der Waals surface area contributed by atoms with Gasteiger partial charge in [0.1, 0.15) is 0 Å². The maximum Gasteiger partial charge on any atom is 0.0540 e. The van der Waals surface area contributed by atoms with Crippen LogP contribution < -0.4 is 4.90 Å². The van der Waals surface area contributed by atoms with Crippen LogP contribution in [-0.4, -0.2) is 0 Å². The Bertz CT molecular complexity index is 3220. The zero-order chi connectivity index (χ0) is 36.3. The molecule has 0 saturated heterocycles. The van der Waals surface area contributed by atoms with Crippen LogP contribution in [0, 0.1) is 0 Å². The molecule has 0 atom stereocenters. The van der Waals surface area contributed by atoms with Crippen molar-refractivity contribution < 1.29 is 0 Å². The van der Waals surface area contributed by atoms with Crippen LogP contribution in [0.3, 0.4) is 0 Å². The summed E-state index contributed by atoms with van der Waals surface area (Å²) in [5, 5.41) is 7.78. The highest BCUT2D eigenvalue weighted by Gasteiger charge is 2.19. The first-order valence-electron chi connectivity index (χ1n) is 18.7. The number of hydrogen-bond acceptors (Lipinski definition) is 3. The fourth-order valence-electron chi connectivity index (χ4n) is 8.14. The third kappa shape index (κ3) is 5.60. The van der Waals surface area contributed by atoms with Gasteiger partial charge in [-0.15, -0.1) is 22.7 Å². The maximum atomic E-state index is 2.42. The molecule has 0 bridgehead atoms. The molecule has 0 unspecified atom stereocenters. The summed E-state index contributed by atoms with van der Waals surface area (Å²) in [6.07, 6.45) is 0. The van der Waals surface area contributed by atoms with E-state index in [1.54, 1.807) is 0 Å². The second kappa shape index (κ2) is 13.1. The van der Waals surface area contributed by atoms with Gasteiger partial charge in [0.25, 0.3) is 0 Å². The van der Waals surface area contributed by atoms with Crippen molar-refractivity contribution in [1.29, 1.82) is 0 Å². The van der Waals surface area contributed by atoms with Crippen molar-refractivity contribution in [3.63, 3.8) is 0 Å². The van der Waals surface area contributed by atoms with E-state index >= 15 is 0 Å². The topological polar surface area (TPSA) is 3.24 Å². The van der Waals surface area contributed by atoms with E-state index in [0.29, 0.717) is 0 Å². The molecule has 0 aliphatic rings. The van der Waals surface area contributed by atoms with Gasteiger partial charge >= 0.3 is 0 Å². The van der Waals surface area contributed by atoms with Gasteiger partial charge in [-0.25, -0.2) is 0 Å². The van der Waals surface area contributed by atoms with Crippen LogP contribution in [0.2, 0.25) is 0 Å². The van der Waals surface area contributed by atoms with Crippen LogP contribution in [0.4, 0.5) is 17.1 Å². The minimum atomic E-state index is 1.11. The normalized spacial score (nSPS) is 11.6. The summed E-state index contributed by atoms with van der Waals surface area (Å²) in [4.78, 5) is 2.42. The lowest BCUT2D eigenvalue weighted by atomic mass is 9.98. The van der Waals surface area contributed by atoms with Crippen molar-refractivity contribution in [3.05, 3.63) is 200 Å². The summed E-state index contributed by atoms with van der Waals surface area (Å²) in [7, 11) is 0. The average molecular weight is 736 g/mol. The van der Waals surface area contributed by atoms with E-state index in [1.807, 2.05) is 22.7 Å². The van der Waals surface area contributed by atoms with Gasteiger partial charge in [0.05, 0.1) is 5.69 Å². The van der Waals surface area contributed by atoms with E-state index < -0.39 is 0 Å². The molecule has 1 nitrogen and oxygen atoms in total. The third-order valence-electron chi connectivity index (χ3n) is 10.9. The van der Waals surface area contributed by atoms with E-state index in [4.69, 9.17) is 0 Å². The molecule has 0 radical (unpaired) electrons. The smallest absolute Gasteiger partial charge is 0.0540 e. The van der Waals surface area contributed by atoms with Gasteiger partial charge in [-0.3, -0.25) is 0 Å². The van der Waals surface area contributed by atoms with Crippen LogP contribution in [0.1, 0.15) is 0 Å². The quantitative estimate of drug-likeness (QED) is 0.164. The Morgan fingerprint density at radius 2 is 0.836 bits per heavy atom. The number of thiophene rings is 2. The Hall–Kier alpha value is -6.52. The average Bonchev–Trinajstić information content (AvgIpc) is 3.82. The van der Waals surface area contributed by atoms with Gasteiger partial charge in [-0.1, -0.05) is 140 Å². The molecule has 55 heavy (non-hydrogen) atoms. The van der Waals surface area contributed by atoms with Gasteiger partial charge in [0.15, 0.2) is 0 Å². The lowest BCUT2D eigenvalue weighted by Crippen LogP contribution is -2.11. The first kappa shape index (κ1) is 32.0. The molecule has 0 spiro atoms. The molecule has 258 valence electrons. The maximum absolute atomic E-state index is 2.42. The Morgan fingerprint density at radius 1 is 0.291 bits per heavy atom. The number of rotatable bonds is 6. The van der Waals surface area contributed by atoms with Crippen LogP contribution in [0.15, 0.2) is 200 Å². The molecule has 0 aliphatic carbocycles. The summed E-state index contributed by atoms with van der Waals surface area (Å²) < 4.78 is 5.29. The Morgan fingerprint density at radius 3 is 1.56 bits per heavy atom. The summed E-state index contributed by atoms with van der Waals surface area (Å²) in [6, 6.07) is 73.5. The Labute approximate surface area is 327 Å². The number of benzene rings is 9. The third-order valence-corrected chi connectivity index (χ3v) is 13.1. The predicted molar refractivity (Wildman–Crippen MR) is 241 cm³/mol. The van der Waals surface area contributed by atoms with E-state index in [1.165, 1.54) is 84.5 Å². The molecule has 9 aromatic carbocycles. The second-order valence-corrected chi connectivity index (χ2v) is 16.3. The lowest BCUT2D eigenvalue weighted by molar-refractivity contribution is 1.28. The van der Waals surface area contributed by atoms with Gasteiger partial charge in [0, 0.05) is 57.3 Å². The van der Waals surface area contributed by atoms with Crippen LogP contribution >= 0.6 is 22.7 Å². The molecular weight excluding hydrogens is 703 g/mol. The van der Waals surface area contributed by atoms with Crippen LogP contribution in [0.25, 0.3) is 84.5 Å². The molecular formula is C52H33NS2. The number of para-hydroxylation sites is 1. The van der Waals surface area contributed by atoms with Crippen molar-refractivity contribution >= 4 is 90.9 Å². The molecule has 3 heteroatoms. The van der Waals surface area contributed by atoms with Gasteiger partial charge in [-0.05, 0) is 99.3 Å². The summed E-state index contributed by atoms with van der Waals surface area (Å²) in [5.41, 5.74) is 10.6. The number of anilines is 3. The zero-order valence-corrected chi connectivity index (χ0v) is 31.4. The molecule has 11 aromatic rings. The number of fused-ring (bicyclic) bond motifs is 7. The van der Waals surface area contributed by atoms with Crippen molar-refractivity contribution in [2.45, 2.75) is 0 Å². The Kier molecular flexibility index (Phi) is 7.61. The fraction of sp³-hybridized carbons (Fsp3) is 0. The highest BCUT2D eigenvalue weighted by atomic mass is 32.1. The summed E-state index contributed by atoms with van der Waals surface area (Å²) in [6.45, 7) is 0. The first-order valence-corrected chi connectivity index (χ1v) is 20.3. The summed E-state index contributed by atoms with van der Waals surface area (Å²) >= 11 is 3.73. The largest absolute Gasteiger partial charge is 0.310 e. The van der Waals surface area contributed by atoms with Gasteiger partial charge in [-0.2, -0.15) is 0 Å². The molecule has 11 rings (SSSR count). The number of hydrogen-bond donors (Lipinski definition) is 0. The van der Waals surface area contributed by atoms with E-state index in [-0.39, 0.29) is 0 Å². The van der Waals surface area contributed by atoms with E-state index in [9.17, 15) is 0 Å².